The van der Waals surface area contributed by atoms with Crippen LogP contribution >= 0.6 is 0 Å². The molecule has 0 bridgehead atoms. The second-order valence-electron chi connectivity index (χ2n) is 6.07. The largest absolute Gasteiger partial charge is 0.463 e. The molecule has 0 aliphatic rings. The Bertz CT molecular complexity index is 1300. The smallest absolute Gasteiger partial charge is 0.203 e. The van der Waals surface area contributed by atoms with Crippen LogP contribution in [0.5, 0.6) is 0 Å². The van der Waals surface area contributed by atoms with Crippen LogP contribution in [0, 0.1) is 0 Å². The molecule has 0 aliphatic carbocycles. The van der Waals surface area contributed by atoms with Gasteiger partial charge >= 0.3 is 0 Å². The lowest BCUT2D eigenvalue weighted by molar-refractivity contribution is 0.604. The number of hydrogen-bond acceptors (Lipinski definition) is 3. The summed E-state index contributed by atoms with van der Waals surface area (Å²) in [7, 11) is 0. The van der Waals surface area contributed by atoms with Crippen molar-refractivity contribution in [3.63, 3.8) is 0 Å². The quantitative estimate of drug-likeness (QED) is 0.464. The summed E-state index contributed by atoms with van der Waals surface area (Å²) in [5.41, 5.74) is 3.66. The number of aromatic nitrogens is 2. The lowest BCUT2D eigenvalue weighted by Crippen LogP contribution is -2.08. The Morgan fingerprint density at radius 2 is 1.54 bits per heavy atom. The van der Waals surface area contributed by atoms with Crippen LogP contribution in [-0.2, 0) is 0 Å². The minimum absolute atomic E-state index is 0.0839. The molecule has 0 saturated carbocycles. The molecule has 0 N–H and O–H groups in total. The maximum atomic E-state index is 13.1. The summed E-state index contributed by atoms with van der Waals surface area (Å²) in [5, 5.41) is 0.552. The number of hydrogen-bond donors (Lipinski definition) is 0. The van der Waals surface area contributed by atoms with Crippen molar-refractivity contribution in [2.75, 3.05) is 0 Å². The molecule has 3 aromatic carbocycles. The molecule has 2 aromatic heterocycles. The van der Waals surface area contributed by atoms with Gasteiger partial charge in [0.2, 0.25) is 5.43 Å². The predicted molar refractivity (Wildman–Crippen MR) is 103 cm³/mol. The van der Waals surface area contributed by atoms with Crippen LogP contribution in [0.3, 0.4) is 0 Å². The average Bonchev–Trinajstić information content (AvgIpc) is 3.08. The molecule has 0 saturated heterocycles. The zero-order valence-corrected chi connectivity index (χ0v) is 13.8. The first-order valence-electron chi connectivity index (χ1n) is 8.37. The van der Waals surface area contributed by atoms with Gasteiger partial charge in [0.05, 0.1) is 16.4 Å². The highest BCUT2D eigenvalue weighted by atomic mass is 16.3. The fourth-order valence-corrected chi connectivity index (χ4v) is 3.28. The van der Waals surface area contributed by atoms with Gasteiger partial charge < -0.3 is 4.42 Å². The summed E-state index contributed by atoms with van der Waals surface area (Å²) >= 11 is 0. The van der Waals surface area contributed by atoms with Gasteiger partial charge in [0, 0.05) is 5.69 Å². The van der Waals surface area contributed by atoms with E-state index in [-0.39, 0.29) is 5.43 Å². The molecule has 0 radical (unpaired) electrons. The highest BCUT2D eigenvalue weighted by molar-refractivity contribution is 5.86. The third-order valence-corrected chi connectivity index (χ3v) is 4.50. The van der Waals surface area contributed by atoms with Crippen molar-refractivity contribution in [3.05, 3.63) is 95.3 Å². The van der Waals surface area contributed by atoms with Gasteiger partial charge in [0.1, 0.15) is 17.4 Å². The first-order chi connectivity index (χ1) is 12.8. The van der Waals surface area contributed by atoms with E-state index in [1.807, 2.05) is 71.3 Å². The van der Waals surface area contributed by atoms with Crippen LogP contribution in [-0.4, -0.2) is 9.55 Å². The van der Waals surface area contributed by atoms with Crippen LogP contribution < -0.4 is 5.43 Å². The molecule has 0 fully saturated rings. The number of nitrogens with zero attached hydrogens (tertiary/aromatic N) is 2. The second-order valence-corrected chi connectivity index (χ2v) is 6.07. The molecule has 0 unspecified atom stereocenters. The summed E-state index contributed by atoms with van der Waals surface area (Å²) in [5.74, 6) is 0.580. The van der Waals surface area contributed by atoms with Crippen molar-refractivity contribution in [2.45, 2.75) is 0 Å². The fourth-order valence-electron chi connectivity index (χ4n) is 3.28. The Hall–Kier alpha value is -3.66. The standard InChI is InChI=1S/C22H14N2O2/c25-21-16-10-4-7-13-20(16)26-14-17(21)22-23-18-11-5-6-12-19(18)24(22)15-8-2-1-3-9-15/h1-14H. The summed E-state index contributed by atoms with van der Waals surface area (Å²) in [6.45, 7) is 0. The van der Waals surface area contributed by atoms with E-state index in [2.05, 4.69) is 0 Å². The van der Waals surface area contributed by atoms with E-state index in [9.17, 15) is 4.79 Å². The highest BCUT2D eigenvalue weighted by Crippen LogP contribution is 2.28. The third kappa shape index (κ3) is 2.16. The molecule has 124 valence electrons. The van der Waals surface area contributed by atoms with E-state index in [0.717, 1.165) is 16.7 Å². The maximum absolute atomic E-state index is 13.1. The van der Waals surface area contributed by atoms with Gasteiger partial charge in [-0.1, -0.05) is 42.5 Å². The van der Waals surface area contributed by atoms with Crippen molar-refractivity contribution >= 4 is 22.0 Å². The predicted octanol–water partition coefficient (Wildman–Crippen LogP) is 4.80. The first kappa shape index (κ1) is 14.7. The van der Waals surface area contributed by atoms with Crippen LogP contribution in [0.1, 0.15) is 0 Å². The molecular formula is C22H14N2O2. The molecule has 2 heterocycles. The minimum Gasteiger partial charge on any atom is -0.463 e. The average molecular weight is 338 g/mol. The van der Waals surface area contributed by atoms with Crippen LogP contribution in [0.2, 0.25) is 0 Å². The molecule has 4 nitrogen and oxygen atoms in total. The Morgan fingerprint density at radius 1 is 0.808 bits per heavy atom. The Labute approximate surface area is 149 Å². The summed E-state index contributed by atoms with van der Waals surface area (Å²) < 4.78 is 7.71. The van der Waals surface area contributed by atoms with Crippen LogP contribution in [0.25, 0.3) is 39.1 Å². The molecule has 4 heteroatoms. The number of fused-ring (bicyclic) bond motifs is 2. The van der Waals surface area contributed by atoms with Crippen molar-refractivity contribution in [3.8, 4) is 17.1 Å². The van der Waals surface area contributed by atoms with E-state index in [1.165, 1.54) is 6.26 Å². The Balaban J connectivity index is 1.89. The van der Waals surface area contributed by atoms with Gasteiger partial charge in [-0.3, -0.25) is 9.36 Å². The van der Waals surface area contributed by atoms with E-state index in [4.69, 9.17) is 9.40 Å². The molecule has 0 aliphatic heterocycles. The van der Waals surface area contributed by atoms with Gasteiger partial charge in [0.15, 0.2) is 5.82 Å². The molecule has 5 rings (SSSR count). The molecule has 0 spiro atoms. The van der Waals surface area contributed by atoms with Gasteiger partial charge in [-0.25, -0.2) is 4.98 Å². The van der Waals surface area contributed by atoms with Crippen molar-refractivity contribution in [1.82, 2.24) is 9.55 Å². The Morgan fingerprint density at radius 3 is 2.42 bits per heavy atom. The number of imidazole rings is 1. The number of rotatable bonds is 2. The lowest BCUT2D eigenvalue weighted by Gasteiger charge is -2.09. The molecular weight excluding hydrogens is 324 g/mol. The first-order valence-corrected chi connectivity index (χ1v) is 8.37. The van der Waals surface area contributed by atoms with E-state index in [0.29, 0.717) is 22.4 Å². The van der Waals surface area contributed by atoms with Crippen molar-refractivity contribution in [2.24, 2.45) is 0 Å². The van der Waals surface area contributed by atoms with E-state index < -0.39 is 0 Å². The van der Waals surface area contributed by atoms with Gasteiger partial charge in [-0.2, -0.15) is 0 Å². The van der Waals surface area contributed by atoms with Crippen molar-refractivity contribution in [1.29, 1.82) is 0 Å². The third-order valence-electron chi connectivity index (χ3n) is 4.50. The number of para-hydroxylation sites is 4. The fraction of sp³-hybridized carbons (Fsp3) is 0. The zero-order valence-electron chi connectivity index (χ0n) is 13.8. The van der Waals surface area contributed by atoms with Gasteiger partial charge in [-0.05, 0) is 36.4 Å². The molecule has 0 amide bonds. The molecule has 5 aromatic rings. The number of benzene rings is 3. The van der Waals surface area contributed by atoms with Gasteiger partial charge in [0.25, 0.3) is 0 Å². The normalized spacial score (nSPS) is 11.2. The van der Waals surface area contributed by atoms with E-state index in [1.54, 1.807) is 12.1 Å². The minimum atomic E-state index is -0.0839. The summed E-state index contributed by atoms with van der Waals surface area (Å²) in [4.78, 5) is 17.8. The zero-order chi connectivity index (χ0) is 17.5. The lowest BCUT2D eigenvalue weighted by atomic mass is 10.1. The van der Waals surface area contributed by atoms with Crippen molar-refractivity contribution < 1.29 is 4.42 Å². The van der Waals surface area contributed by atoms with E-state index >= 15 is 0 Å². The second kappa shape index (κ2) is 5.70. The maximum Gasteiger partial charge on any atom is 0.203 e. The molecule has 0 atom stereocenters. The SMILES string of the molecule is O=c1c(-c2nc3ccccc3n2-c2ccccc2)coc2ccccc12. The highest BCUT2D eigenvalue weighted by Gasteiger charge is 2.18. The van der Waals surface area contributed by atoms with Gasteiger partial charge in [-0.15, -0.1) is 0 Å². The monoisotopic (exact) mass is 338 g/mol. The Kier molecular flexibility index (Phi) is 3.22. The van der Waals surface area contributed by atoms with Crippen LogP contribution in [0.4, 0.5) is 0 Å². The molecule has 26 heavy (non-hydrogen) atoms. The van der Waals surface area contributed by atoms with Crippen LogP contribution in [0.15, 0.2) is 94.3 Å². The summed E-state index contributed by atoms with van der Waals surface area (Å²) in [6.07, 6.45) is 1.51. The topological polar surface area (TPSA) is 48.0 Å². The summed E-state index contributed by atoms with van der Waals surface area (Å²) in [6, 6.07) is 25.0.